The van der Waals surface area contributed by atoms with Crippen LogP contribution in [0.25, 0.3) is 0 Å². The van der Waals surface area contributed by atoms with Crippen LogP contribution in [0.2, 0.25) is 0 Å². The van der Waals surface area contributed by atoms with Crippen molar-refractivity contribution in [1.82, 2.24) is 0 Å². The second kappa shape index (κ2) is 2.25. The maximum Gasteiger partial charge on any atom is 0.0995 e. The Morgan fingerprint density at radius 2 is 2.42 bits per heavy atom. The molecule has 62 valence electrons. The van der Waals surface area contributed by atoms with Crippen LogP contribution in [0, 0.1) is 11.8 Å². The molecule has 0 amide bonds. The minimum absolute atomic E-state index is 0.695. The Hall–Kier alpha value is -0.980. The third-order valence-electron chi connectivity index (χ3n) is 3.05. The fourth-order valence-electron chi connectivity index (χ4n) is 2.35. The Labute approximate surface area is 72.4 Å². The monoisotopic (exact) mass is 160 g/mol. The lowest BCUT2D eigenvalue weighted by molar-refractivity contribution is 0.254. The summed E-state index contributed by atoms with van der Waals surface area (Å²) in [4.78, 5) is 0. The zero-order chi connectivity index (χ0) is 7.97. The highest BCUT2D eigenvalue weighted by Crippen LogP contribution is 2.41. The predicted octanol–water partition coefficient (Wildman–Crippen LogP) is 2.42. The van der Waals surface area contributed by atoms with Gasteiger partial charge in [-0.2, -0.15) is 0 Å². The molecular weight excluding hydrogens is 148 g/mol. The number of fused-ring (bicyclic) bond motifs is 2. The standard InChI is InChI=1S/C11H12O/c1-2-8-6-10-4-5-12-11(10)7-9(8)3-1/h1-3,7-8,10H,4-6H2. The molecule has 0 aromatic carbocycles. The summed E-state index contributed by atoms with van der Waals surface area (Å²) in [6.45, 7) is 0.931. The van der Waals surface area contributed by atoms with Crippen LogP contribution in [-0.2, 0) is 4.74 Å². The van der Waals surface area contributed by atoms with Gasteiger partial charge in [-0.1, -0.05) is 18.2 Å². The van der Waals surface area contributed by atoms with E-state index in [-0.39, 0.29) is 0 Å². The third-order valence-corrected chi connectivity index (χ3v) is 3.05. The number of hydrogen-bond donors (Lipinski definition) is 0. The summed E-state index contributed by atoms with van der Waals surface area (Å²) in [6, 6.07) is 0. The van der Waals surface area contributed by atoms with Gasteiger partial charge >= 0.3 is 0 Å². The Bertz CT molecular complexity index is 296. The van der Waals surface area contributed by atoms with Gasteiger partial charge in [-0.25, -0.2) is 0 Å². The molecule has 2 aliphatic carbocycles. The first-order chi connectivity index (χ1) is 5.93. The van der Waals surface area contributed by atoms with E-state index in [4.69, 9.17) is 4.74 Å². The van der Waals surface area contributed by atoms with Crippen LogP contribution in [0.4, 0.5) is 0 Å². The van der Waals surface area contributed by atoms with E-state index in [1.54, 1.807) is 0 Å². The molecule has 1 heteroatoms. The van der Waals surface area contributed by atoms with Crippen molar-refractivity contribution in [2.45, 2.75) is 12.8 Å². The SMILES string of the molecule is C1=CC2CC3CCOC3=CC2=C1. The van der Waals surface area contributed by atoms with Gasteiger partial charge < -0.3 is 4.74 Å². The Morgan fingerprint density at radius 3 is 3.42 bits per heavy atom. The zero-order valence-electron chi connectivity index (χ0n) is 6.99. The van der Waals surface area contributed by atoms with E-state index in [1.165, 1.54) is 24.2 Å². The van der Waals surface area contributed by atoms with Gasteiger partial charge in [-0.3, -0.25) is 0 Å². The van der Waals surface area contributed by atoms with Crippen molar-refractivity contribution in [2.24, 2.45) is 11.8 Å². The highest BCUT2D eigenvalue weighted by Gasteiger charge is 2.31. The molecular formula is C11H12O. The first kappa shape index (κ1) is 6.53. The lowest BCUT2D eigenvalue weighted by Crippen LogP contribution is -2.11. The van der Waals surface area contributed by atoms with Crippen molar-refractivity contribution in [3.8, 4) is 0 Å². The van der Waals surface area contributed by atoms with Crippen LogP contribution in [0.5, 0.6) is 0 Å². The Morgan fingerprint density at radius 1 is 1.42 bits per heavy atom. The van der Waals surface area contributed by atoms with E-state index in [0.29, 0.717) is 5.92 Å². The average molecular weight is 160 g/mol. The Kier molecular flexibility index (Phi) is 1.23. The normalized spacial score (nSPS) is 36.7. The van der Waals surface area contributed by atoms with Gasteiger partial charge in [0.15, 0.2) is 0 Å². The Balaban J connectivity index is 1.99. The largest absolute Gasteiger partial charge is 0.498 e. The molecule has 1 heterocycles. The summed E-state index contributed by atoms with van der Waals surface area (Å²) in [6.07, 6.45) is 11.4. The second-order valence-corrected chi connectivity index (χ2v) is 3.77. The minimum atomic E-state index is 0.695. The topological polar surface area (TPSA) is 9.23 Å². The van der Waals surface area contributed by atoms with Crippen LogP contribution < -0.4 is 0 Å². The molecule has 0 saturated carbocycles. The van der Waals surface area contributed by atoms with E-state index < -0.39 is 0 Å². The van der Waals surface area contributed by atoms with Gasteiger partial charge in [0.1, 0.15) is 0 Å². The first-order valence-corrected chi connectivity index (χ1v) is 4.66. The molecule has 1 fully saturated rings. The van der Waals surface area contributed by atoms with Gasteiger partial charge in [0.05, 0.1) is 12.4 Å². The fourth-order valence-corrected chi connectivity index (χ4v) is 2.35. The van der Waals surface area contributed by atoms with E-state index in [9.17, 15) is 0 Å². The van der Waals surface area contributed by atoms with Crippen LogP contribution in [0.3, 0.4) is 0 Å². The van der Waals surface area contributed by atoms with Crippen LogP contribution in [-0.4, -0.2) is 6.61 Å². The van der Waals surface area contributed by atoms with Gasteiger partial charge in [0, 0.05) is 11.8 Å². The van der Waals surface area contributed by atoms with E-state index in [1.807, 2.05) is 0 Å². The summed E-state index contributed by atoms with van der Waals surface area (Å²) >= 11 is 0. The molecule has 0 N–H and O–H groups in total. The highest BCUT2D eigenvalue weighted by atomic mass is 16.5. The molecule has 0 aromatic heterocycles. The molecule has 2 unspecified atom stereocenters. The van der Waals surface area contributed by atoms with Gasteiger partial charge in [-0.05, 0) is 24.5 Å². The van der Waals surface area contributed by atoms with Gasteiger partial charge in [0.25, 0.3) is 0 Å². The molecule has 0 radical (unpaired) electrons. The summed E-state index contributed by atoms with van der Waals surface area (Å²) in [7, 11) is 0. The first-order valence-electron chi connectivity index (χ1n) is 4.66. The average Bonchev–Trinajstić information content (AvgIpc) is 2.64. The highest BCUT2D eigenvalue weighted by molar-refractivity contribution is 5.40. The van der Waals surface area contributed by atoms with E-state index in [0.717, 1.165) is 12.5 Å². The van der Waals surface area contributed by atoms with Crippen LogP contribution in [0.1, 0.15) is 12.8 Å². The number of allylic oxidation sites excluding steroid dienone is 6. The van der Waals surface area contributed by atoms with Gasteiger partial charge in [-0.15, -0.1) is 0 Å². The van der Waals surface area contributed by atoms with Crippen molar-refractivity contribution in [1.29, 1.82) is 0 Å². The van der Waals surface area contributed by atoms with Crippen molar-refractivity contribution in [3.63, 3.8) is 0 Å². The molecule has 2 atom stereocenters. The van der Waals surface area contributed by atoms with Crippen LogP contribution >= 0.6 is 0 Å². The zero-order valence-corrected chi connectivity index (χ0v) is 6.99. The molecule has 0 aromatic rings. The van der Waals surface area contributed by atoms with Crippen molar-refractivity contribution >= 4 is 0 Å². The van der Waals surface area contributed by atoms with Crippen molar-refractivity contribution < 1.29 is 4.74 Å². The fraction of sp³-hybridized carbons (Fsp3) is 0.455. The lowest BCUT2D eigenvalue weighted by Gasteiger charge is -2.22. The molecule has 3 aliphatic rings. The maximum absolute atomic E-state index is 5.56. The van der Waals surface area contributed by atoms with Crippen molar-refractivity contribution in [3.05, 3.63) is 35.6 Å². The predicted molar refractivity (Wildman–Crippen MR) is 47.5 cm³/mol. The van der Waals surface area contributed by atoms with E-state index in [2.05, 4.69) is 24.3 Å². The summed E-state index contributed by atoms with van der Waals surface area (Å²) in [5.41, 5.74) is 1.45. The quantitative estimate of drug-likeness (QED) is 0.528. The van der Waals surface area contributed by atoms with Crippen LogP contribution in [0.15, 0.2) is 35.6 Å². The maximum atomic E-state index is 5.56. The van der Waals surface area contributed by atoms with Crippen molar-refractivity contribution in [2.75, 3.05) is 6.61 Å². The summed E-state index contributed by atoms with van der Waals surface area (Å²) in [5.74, 6) is 2.65. The molecule has 1 nitrogen and oxygen atoms in total. The lowest BCUT2D eigenvalue weighted by atomic mass is 9.83. The molecule has 0 spiro atoms. The summed E-state index contributed by atoms with van der Waals surface area (Å²) < 4.78 is 5.56. The molecule has 12 heavy (non-hydrogen) atoms. The molecule has 1 saturated heterocycles. The van der Waals surface area contributed by atoms with E-state index >= 15 is 0 Å². The second-order valence-electron chi connectivity index (χ2n) is 3.77. The number of rotatable bonds is 0. The summed E-state index contributed by atoms with van der Waals surface area (Å²) in [5, 5.41) is 0. The third kappa shape index (κ3) is 0.795. The molecule has 0 bridgehead atoms. The molecule has 3 rings (SSSR count). The number of ether oxygens (including phenoxy) is 1. The number of hydrogen-bond acceptors (Lipinski definition) is 1. The van der Waals surface area contributed by atoms with Gasteiger partial charge in [0.2, 0.25) is 0 Å². The smallest absolute Gasteiger partial charge is 0.0995 e. The molecule has 1 aliphatic heterocycles. The minimum Gasteiger partial charge on any atom is -0.498 e.